The van der Waals surface area contributed by atoms with E-state index < -0.39 is 0 Å². The number of anilines is 1. The Bertz CT molecular complexity index is 681. The SMILES string of the molecule is O=c1nc2c(c(Cc3ccccc3Cl)[nH]1)CCCCN2. The molecule has 0 radical (unpaired) electrons. The van der Waals surface area contributed by atoms with Gasteiger partial charge in [-0.3, -0.25) is 0 Å². The van der Waals surface area contributed by atoms with Crippen molar-refractivity contribution in [3.05, 3.63) is 56.6 Å². The second kappa shape index (κ2) is 5.67. The molecular weight excluding hydrogens is 274 g/mol. The number of hydrogen-bond donors (Lipinski definition) is 2. The van der Waals surface area contributed by atoms with E-state index in [2.05, 4.69) is 15.3 Å². The summed E-state index contributed by atoms with van der Waals surface area (Å²) >= 11 is 6.21. The molecule has 0 saturated heterocycles. The summed E-state index contributed by atoms with van der Waals surface area (Å²) in [6.07, 6.45) is 3.76. The minimum absolute atomic E-state index is 0.305. The van der Waals surface area contributed by atoms with Crippen LogP contribution in [-0.2, 0) is 12.8 Å². The van der Waals surface area contributed by atoms with Crippen molar-refractivity contribution in [1.29, 1.82) is 0 Å². The van der Waals surface area contributed by atoms with Crippen LogP contribution in [0.3, 0.4) is 0 Å². The first-order chi connectivity index (χ1) is 9.74. The van der Waals surface area contributed by atoms with Crippen molar-refractivity contribution in [2.45, 2.75) is 25.7 Å². The van der Waals surface area contributed by atoms with E-state index in [0.29, 0.717) is 6.42 Å². The Labute approximate surface area is 122 Å². The second-order valence-corrected chi connectivity index (χ2v) is 5.41. The molecule has 1 aromatic carbocycles. The predicted octanol–water partition coefficient (Wildman–Crippen LogP) is 2.76. The molecule has 0 unspecified atom stereocenters. The average Bonchev–Trinajstić information content (AvgIpc) is 2.66. The van der Waals surface area contributed by atoms with E-state index in [4.69, 9.17) is 11.6 Å². The minimum atomic E-state index is -0.305. The minimum Gasteiger partial charge on any atom is -0.370 e. The molecule has 0 spiro atoms. The molecule has 104 valence electrons. The molecule has 0 atom stereocenters. The zero-order valence-corrected chi connectivity index (χ0v) is 11.8. The van der Waals surface area contributed by atoms with Gasteiger partial charge in [0, 0.05) is 29.2 Å². The van der Waals surface area contributed by atoms with Gasteiger partial charge in [-0.15, -0.1) is 0 Å². The van der Waals surface area contributed by atoms with E-state index in [9.17, 15) is 4.79 Å². The molecule has 0 fully saturated rings. The number of rotatable bonds is 2. The Morgan fingerprint density at radius 2 is 2.10 bits per heavy atom. The van der Waals surface area contributed by atoms with Crippen LogP contribution in [0, 0.1) is 0 Å². The summed E-state index contributed by atoms with van der Waals surface area (Å²) in [5, 5.41) is 3.97. The molecule has 0 saturated carbocycles. The fourth-order valence-electron chi connectivity index (χ4n) is 2.58. The molecule has 4 nitrogen and oxygen atoms in total. The van der Waals surface area contributed by atoms with Crippen LogP contribution >= 0.6 is 11.6 Å². The topological polar surface area (TPSA) is 57.8 Å². The summed E-state index contributed by atoms with van der Waals surface area (Å²) in [4.78, 5) is 18.6. The first-order valence-corrected chi connectivity index (χ1v) is 7.21. The van der Waals surface area contributed by atoms with Crippen LogP contribution in [0.2, 0.25) is 5.02 Å². The number of hydrogen-bond acceptors (Lipinski definition) is 3. The maximum Gasteiger partial charge on any atom is 0.347 e. The van der Waals surface area contributed by atoms with Crippen molar-refractivity contribution in [3.63, 3.8) is 0 Å². The summed E-state index contributed by atoms with van der Waals surface area (Å²) in [5.41, 5.74) is 2.74. The third-order valence-corrected chi connectivity index (χ3v) is 3.96. The van der Waals surface area contributed by atoms with Crippen molar-refractivity contribution >= 4 is 17.4 Å². The van der Waals surface area contributed by atoms with E-state index in [-0.39, 0.29) is 5.69 Å². The first-order valence-electron chi connectivity index (χ1n) is 6.83. The number of aromatic nitrogens is 2. The number of halogens is 1. The van der Waals surface area contributed by atoms with Crippen molar-refractivity contribution in [1.82, 2.24) is 9.97 Å². The Kier molecular flexibility index (Phi) is 3.74. The highest BCUT2D eigenvalue weighted by Crippen LogP contribution is 2.24. The van der Waals surface area contributed by atoms with Crippen LogP contribution in [0.15, 0.2) is 29.1 Å². The van der Waals surface area contributed by atoms with Crippen LogP contribution in [0.25, 0.3) is 0 Å². The number of fused-ring (bicyclic) bond motifs is 1. The van der Waals surface area contributed by atoms with Crippen molar-refractivity contribution in [2.24, 2.45) is 0 Å². The quantitative estimate of drug-likeness (QED) is 0.894. The molecule has 1 aliphatic heterocycles. The zero-order chi connectivity index (χ0) is 13.9. The van der Waals surface area contributed by atoms with Gasteiger partial charge in [-0.25, -0.2) is 4.79 Å². The van der Waals surface area contributed by atoms with Gasteiger partial charge in [0.25, 0.3) is 0 Å². The van der Waals surface area contributed by atoms with Gasteiger partial charge in [0.05, 0.1) is 0 Å². The Morgan fingerprint density at radius 3 is 2.95 bits per heavy atom. The van der Waals surface area contributed by atoms with Crippen LogP contribution in [0.1, 0.15) is 29.7 Å². The highest BCUT2D eigenvalue weighted by molar-refractivity contribution is 6.31. The van der Waals surface area contributed by atoms with Gasteiger partial charge < -0.3 is 10.3 Å². The fourth-order valence-corrected chi connectivity index (χ4v) is 2.78. The maximum absolute atomic E-state index is 11.7. The highest BCUT2D eigenvalue weighted by atomic mass is 35.5. The maximum atomic E-state index is 11.7. The lowest BCUT2D eigenvalue weighted by Crippen LogP contribution is -2.19. The third-order valence-electron chi connectivity index (χ3n) is 3.59. The number of nitrogens with zero attached hydrogens (tertiary/aromatic N) is 1. The molecule has 2 heterocycles. The van der Waals surface area contributed by atoms with Gasteiger partial charge in [0.1, 0.15) is 5.82 Å². The first kappa shape index (κ1) is 13.2. The van der Waals surface area contributed by atoms with E-state index in [1.165, 1.54) is 0 Å². The van der Waals surface area contributed by atoms with Crippen molar-refractivity contribution in [3.8, 4) is 0 Å². The molecule has 20 heavy (non-hydrogen) atoms. The monoisotopic (exact) mass is 289 g/mol. The number of aromatic amines is 1. The third kappa shape index (κ3) is 2.70. The lowest BCUT2D eigenvalue weighted by molar-refractivity contribution is 0.776. The Morgan fingerprint density at radius 1 is 1.25 bits per heavy atom. The Balaban J connectivity index is 2.03. The van der Waals surface area contributed by atoms with Crippen LogP contribution < -0.4 is 11.0 Å². The standard InChI is InChI=1S/C15H16ClN3O/c16-12-7-2-1-5-10(12)9-13-11-6-3-4-8-17-14(11)19-15(20)18-13/h1-2,5,7H,3-4,6,8-9H2,(H2,17,18,19,20). The molecular formula is C15H16ClN3O. The predicted molar refractivity (Wildman–Crippen MR) is 80.5 cm³/mol. The summed E-state index contributed by atoms with van der Waals surface area (Å²) in [6.45, 7) is 0.870. The summed E-state index contributed by atoms with van der Waals surface area (Å²) in [6, 6.07) is 7.71. The Hall–Kier alpha value is -1.81. The molecule has 2 N–H and O–H groups in total. The number of H-pyrrole nitrogens is 1. The van der Waals surface area contributed by atoms with Crippen LogP contribution in [-0.4, -0.2) is 16.5 Å². The van der Waals surface area contributed by atoms with Crippen molar-refractivity contribution < 1.29 is 0 Å². The molecule has 0 aliphatic carbocycles. The average molecular weight is 290 g/mol. The number of benzene rings is 1. The largest absolute Gasteiger partial charge is 0.370 e. The van der Waals surface area contributed by atoms with E-state index in [1.54, 1.807) is 0 Å². The van der Waals surface area contributed by atoms with Crippen molar-refractivity contribution in [2.75, 3.05) is 11.9 Å². The number of nitrogens with one attached hydrogen (secondary N) is 2. The van der Waals surface area contributed by atoms with E-state index in [0.717, 1.165) is 53.5 Å². The zero-order valence-electron chi connectivity index (χ0n) is 11.1. The molecule has 1 aliphatic rings. The molecule has 1 aromatic heterocycles. The molecule has 5 heteroatoms. The molecule has 0 amide bonds. The van der Waals surface area contributed by atoms with E-state index >= 15 is 0 Å². The smallest absolute Gasteiger partial charge is 0.347 e. The van der Waals surface area contributed by atoms with Gasteiger partial charge in [0.2, 0.25) is 0 Å². The van der Waals surface area contributed by atoms with Gasteiger partial charge in [-0.2, -0.15) is 4.98 Å². The second-order valence-electron chi connectivity index (χ2n) is 5.00. The fraction of sp³-hybridized carbons (Fsp3) is 0.333. The molecule has 2 aromatic rings. The van der Waals surface area contributed by atoms with Crippen LogP contribution in [0.4, 0.5) is 5.82 Å². The van der Waals surface area contributed by atoms with E-state index in [1.807, 2.05) is 24.3 Å². The lowest BCUT2D eigenvalue weighted by Gasteiger charge is -2.12. The van der Waals surface area contributed by atoms with Crippen LogP contribution in [0.5, 0.6) is 0 Å². The van der Waals surface area contributed by atoms with Gasteiger partial charge in [-0.1, -0.05) is 29.8 Å². The summed E-state index contributed by atoms with van der Waals surface area (Å²) in [5.74, 6) is 0.730. The normalized spacial score (nSPS) is 14.2. The molecule has 3 rings (SSSR count). The van der Waals surface area contributed by atoms with Gasteiger partial charge >= 0.3 is 5.69 Å². The lowest BCUT2D eigenvalue weighted by atomic mass is 10.0. The van der Waals surface area contributed by atoms with Gasteiger partial charge in [-0.05, 0) is 30.9 Å². The highest BCUT2D eigenvalue weighted by Gasteiger charge is 2.15. The summed E-state index contributed by atoms with van der Waals surface area (Å²) in [7, 11) is 0. The molecule has 0 bridgehead atoms. The van der Waals surface area contributed by atoms with Gasteiger partial charge in [0.15, 0.2) is 0 Å². The summed E-state index contributed by atoms with van der Waals surface area (Å²) < 4.78 is 0.